The van der Waals surface area contributed by atoms with Crippen molar-refractivity contribution >= 4 is 47.4 Å². The molecule has 2 rings (SSSR count). The van der Waals surface area contributed by atoms with Crippen molar-refractivity contribution in [2.24, 2.45) is 4.99 Å². The van der Waals surface area contributed by atoms with Crippen LogP contribution < -0.4 is 5.32 Å². The van der Waals surface area contributed by atoms with Gasteiger partial charge in [-0.1, -0.05) is 41.9 Å². The van der Waals surface area contributed by atoms with E-state index in [1.54, 1.807) is 19.0 Å². The van der Waals surface area contributed by atoms with Gasteiger partial charge in [-0.25, -0.2) is 0 Å². The maximum Gasteiger partial charge on any atom is 0.253 e. The summed E-state index contributed by atoms with van der Waals surface area (Å²) in [6.45, 7) is 4.15. The van der Waals surface area contributed by atoms with Gasteiger partial charge < -0.3 is 15.1 Å². The number of aliphatic imine (C=N–C) groups is 1. The lowest BCUT2D eigenvalue weighted by Gasteiger charge is -2.22. The molecule has 158 valence electrons. The Bertz CT molecular complexity index is 826. The minimum Gasteiger partial charge on any atom is -0.357 e. The van der Waals surface area contributed by atoms with E-state index in [0.717, 1.165) is 35.1 Å². The van der Waals surface area contributed by atoms with Crippen molar-refractivity contribution in [2.45, 2.75) is 19.9 Å². The summed E-state index contributed by atoms with van der Waals surface area (Å²) in [5, 5.41) is 4.08. The summed E-state index contributed by atoms with van der Waals surface area (Å²) < 4.78 is 0. The highest BCUT2D eigenvalue weighted by Gasteiger charge is 2.10. The molecule has 0 saturated carbocycles. The van der Waals surface area contributed by atoms with Crippen molar-refractivity contribution in [1.82, 2.24) is 15.1 Å². The standard InChI is InChI=1S/C22H29ClN4O.HI/c1-5-24-22(27(4)16-19-10-6-7-12-20(19)23)25-14-13-17-9-8-11-18(15-17)21(28)26(2)3;/h6-12,15H,5,13-14,16H2,1-4H3,(H,24,25);1H. The second-order valence-corrected chi connectivity index (χ2v) is 7.24. The summed E-state index contributed by atoms with van der Waals surface area (Å²) in [6, 6.07) is 15.6. The van der Waals surface area contributed by atoms with Crippen LogP contribution in [0.2, 0.25) is 5.02 Å². The molecule has 1 N–H and O–H groups in total. The first kappa shape index (κ1) is 25.2. The van der Waals surface area contributed by atoms with Crippen LogP contribution in [0.1, 0.15) is 28.4 Å². The first-order chi connectivity index (χ1) is 13.4. The molecule has 0 saturated heterocycles. The third-order valence-corrected chi connectivity index (χ3v) is 4.67. The Balaban J connectivity index is 0.00000420. The van der Waals surface area contributed by atoms with Gasteiger partial charge in [0.15, 0.2) is 5.96 Å². The van der Waals surface area contributed by atoms with E-state index < -0.39 is 0 Å². The predicted octanol–water partition coefficient (Wildman–Crippen LogP) is 4.30. The first-order valence-electron chi connectivity index (χ1n) is 9.45. The van der Waals surface area contributed by atoms with Crippen LogP contribution in [0.15, 0.2) is 53.5 Å². The molecule has 0 aliphatic carbocycles. The van der Waals surface area contributed by atoms with Gasteiger partial charge in [0, 0.05) is 51.4 Å². The maximum absolute atomic E-state index is 12.1. The van der Waals surface area contributed by atoms with E-state index in [0.29, 0.717) is 18.7 Å². The molecule has 0 heterocycles. The summed E-state index contributed by atoms with van der Waals surface area (Å²) >= 11 is 6.28. The van der Waals surface area contributed by atoms with E-state index in [1.165, 1.54) is 0 Å². The van der Waals surface area contributed by atoms with E-state index in [1.807, 2.05) is 55.6 Å². The summed E-state index contributed by atoms with van der Waals surface area (Å²) in [7, 11) is 5.52. The Morgan fingerprint density at radius 2 is 1.83 bits per heavy atom. The third kappa shape index (κ3) is 7.85. The summed E-state index contributed by atoms with van der Waals surface area (Å²) in [5.74, 6) is 0.848. The molecule has 0 atom stereocenters. The van der Waals surface area contributed by atoms with Crippen LogP contribution >= 0.6 is 35.6 Å². The normalized spacial score (nSPS) is 10.9. The smallest absolute Gasteiger partial charge is 0.253 e. The number of nitrogens with zero attached hydrogens (tertiary/aromatic N) is 3. The van der Waals surface area contributed by atoms with Crippen LogP contribution in [0.5, 0.6) is 0 Å². The highest BCUT2D eigenvalue weighted by atomic mass is 127. The number of carbonyl (C=O) groups is 1. The number of amides is 1. The first-order valence-corrected chi connectivity index (χ1v) is 9.83. The van der Waals surface area contributed by atoms with Crippen LogP contribution in [0.4, 0.5) is 0 Å². The van der Waals surface area contributed by atoms with Gasteiger partial charge in [-0.15, -0.1) is 24.0 Å². The van der Waals surface area contributed by atoms with Crippen LogP contribution in [0, 0.1) is 0 Å². The Labute approximate surface area is 196 Å². The lowest BCUT2D eigenvalue weighted by Crippen LogP contribution is -2.38. The highest BCUT2D eigenvalue weighted by Crippen LogP contribution is 2.16. The number of hydrogen-bond donors (Lipinski definition) is 1. The second-order valence-electron chi connectivity index (χ2n) is 6.83. The quantitative estimate of drug-likeness (QED) is 0.331. The average Bonchev–Trinajstić information content (AvgIpc) is 2.68. The Kier molecular flexibility index (Phi) is 11.0. The molecule has 2 aromatic rings. The molecule has 0 unspecified atom stereocenters. The molecular formula is C22H30ClIN4O. The molecule has 5 nitrogen and oxygen atoms in total. The van der Waals surface area contributed by atoms with Crippen molar-refractivity contribution < 1.29 is 4.79 Å². The number of guanidine groups is 1. The highest BCUT2D eigenvalue weighted by molar-refractivity contribution is 14.0. The van der Waals surface area contributed by atoms with Crippen molar-refractivity contribution in [3.05, 3.63) is 70.2 Å². The van der Waals surface area contributed by atoms with Crippen LogP contribution in [0.25, 0.3) is 0 Å². The molecule has 29 heavy (non-hydrogen) atoms. The number of benzene rings is 2. The Morgan fingerprint density at radius 3 is 2.48 bits per heavy atom. The van der Waals surface area contributed by atoms with Crippen LogP contribution in [-0.4, -0.2) is 55.9 Å². The van der Waals surface area contributed by atoms with Gasteiger partial charge in [-0.3, -0.25) is 9.79 Å². The molecule has 7 heteroatoms. The van der Waals surface area contributed by atoms with Crippen molar-refractivity contribution in [3.63, 3.8) is 0 Å². The van der Waals surface area contributed by atoms with E-state index in [4.69, 9.17) is 16.6 Å². The summed E-state index contributed by atoms with van der Waals surface area (Å²) in [5.41, 5.74) is 2.86. The predicted molar refractivity (Wildman–Crippen MR) is 132 cm³/mol. The van der Waals surface area contributed by atoms with Crippen molar-refractivity contribution in [1.29, 1.82) is 0 Å². The van der Waals surface area contributed by atoms with Gasteiger partial charge in [0.05, 0.1) is 0 Å². The molecule has 1 amide bonds. The molecule has 0 spiro atoms. The largest absolute Gasteiger partial charge is 0.357 e. The number of hydrogen-bond acceptors (Lipinski definition) is 2. The van der Waals surface area contributed by atoms with E-state index in [-0.39, 0.29) is 29.9 Å². The van der Waals surface area contributed by atoms with Crippen molar-refractivity contribution in [3.8, 4) is 0 Å². The molecule has 0 fully saturated rings. The van der Waals surface area contributed by atoms with Gasteiger partial charge in [0.2, 0.25) is 0 Å². The zero-order chi connectivity index (χ0) is 20.5. The fourth-order valence-corrected chi connectivity index (χ4v) is 3.03. The number of rotatable bonds is 7. The average molecular weight is 529 g/mol. The molecular weight excluding hydrogens is 499 g/mol. The lowest BCUT2D eigenvalue weighted by molar-refractivity contribution is 0.0827. The molecule has 0 aliphatic heterocycles. The van der Waals surface area contributed by atoms with Crippen LogP contribution in [-0.2, 0) is 13.0 Å². The zero-order valence-corrected chi connectivity index (χ0v) is 20.6. The van der Waals surface area contributed by atoms with Gasteiger partial charge in [0.25, 0.3) is 5.91 Å². The van der Waals surface area contributed by atoms with E-state index in [9.17, 15) is 4.79 Å². The van der Waals surface area contributed by atoms with Gasteiger partial charge in [-0.05, 0) is 42.7 Å². The van der Waals surface area contributed by atoms with Gasteiger partial charge in [-0.2, -0.15) is 0 Å². The molecule has 2 aromatic carbocycles. The molecule has 0 bridgehead atoms. The minimum atomic E-state index is 0. The molecule has 0 aromatic heterocycles. The molecule has 0 aliphatic rings. The van der Waals surface area contributed by atoms with E-state index in [2.05, 4.69) is 17.1 Å². The van der Waals surface area contributed by atoms with Crippen molar-refractivity contribution in [2.75, 3.05) is 34.2 Å². The summed E-state index contributed by atoms with van der Waals surface area (Å²) in [6.07, 6.45) is 0.767. The topological polar surface area (TPSA) is 47.9 Å². The zero-order valence-electron chi connectivity index (χ0n) is 17.5. The fourth-order valence-electron chi connectivity index (χ4n) is 2.84. The third-order valence-electron chi connectivity index (χ3n) is 4.30. The van der Waals surface area contributed by atoms with Crippen LogP contribution in [0.3, 0.4) is 0 Å². The Hall–Kier alpha value is -1.80. The molecule has 0 radical (unpaired) electrons. The van der Waals surface area contributed by atoms with E-state index >= 15 is 0 Å². The summed E-state index contributed by atoms with van der Waals surface area (Å²) in [4.78, 5) is 20.5. The Morgan fingerprint density at radius 1 is 1.10 bits per heavy atom. The van der Waals surface area contributed by atoms with Gasteiger partial charge >= 0.3 is 0 Å². The fraction of sp³-hybridized carbons (Fsp3) is 0.364. The SMILES string of the molecule is CCNC(=NCCc1cccc(C(=O)N(C)C)c1)N(C)Cc1ccccc1Cl.I. The number of carbonyl (C=O) groups excluding carboxylic acids is 1. The number of halogens is 2. The minimum absolute atomic E-state index is 0. The maximum atomic E-state index is 12.1. The van der Waals surface area contributed by atoms with Gasteiger partial charge in [0.1, 0.15) is 0 Å². The lowest BCUT2D eigenvalue weighted by atomic mass is 10.1. The second kappa shape index (κ2) is 12.7. The monoisotopic (exact) mass is 528 g/mol. The number of nitrogens with one attached hydrogen (secondary N) is 1.